The molecule has 3 N–H and O–H groups in total. The fourth-order valence-electron chi connectivity index (χ4n) is 5.57. The normalized spacial score (nSPS) is 14.2. The average Bonchev–Trinajstić information content (AvgIpc) is 3.62. The number of nitrogens with one attached hydrogen (secondary N) is 3. The van der Waals surface area contributed by atoms with Gasteiger partial charge in [0.1, 0.15) is 11.2 Å². The van der Waals surface area contributed by atoms with Crippen LogP contribution in [0.25, 0.3) is 55.7 Å². The standard InChI is InChI=1S/C31H28N8/c1-19(20-6-3-2-4-7-20)35-23-12-22(15-33-16-23)26-9-10-27-30(37-26)31(39-38-27)28-13-24-25(17-34-18-29(24)36-28)21-8-5-11-32-14-21/h5,8-18,20,35-36H,1-4,6-7H2,(H,38,39). The van der Waals surface area contributed by atoms with Crippen LogP contribution in [0.1, 0.15) is 32.1 Å². The van der Waals surface area contributed by atoms with Crippen molar-refractivity contribution in [1.29, 1.82) is 0 Å². The van der Waals surface area contributed by atoms with Crippen LogP contribution in [0.2, 0.25) is 0 Å². The maximum Gasteiger partial charge on any atom is 0.135 e. The third-order valence-electron chi connectivity index (χ3n) is 7.62. The van der Waals surface area contributed by atoms with Gasteiger partial charge in [-0.15, -0.1) is 0 Å². The summed E-state index contributed by atoms with van der Waals surface area (Å²) < 4.78 is 0. The SMILES string of the molecule is C=C(Nc1cncc(-c2ccc3[nH]nc(-c4cc5c(-c6cccnc6)cncc5[nH]4)c3n2)c1)C1CCCCC1. The van der Waals surface area contributed by atoms with E-state index in [1.54, 1.807) is 6.20 Å². The van der Waals surface area contributed by atoms with Gasteiger partial charge in [-0.2, -0.15) is 5.10 Å². The summed E-state index contributed by atoms with van der Waals surface area (Å²) >= 11 is 0. The molecule has 7 rings (SSSR count). The zero-order valence-corrected chi connectivity index (χ0v) is 21.5. The molecule has 0 aliphatic heterocycles. The van der Waals surface area contributed by atoms with Crippen LogP contribution in [0.4, 0.5) is 5.69 Å². The van der Waals surface area contributed by atoms with Crippen molar-refractivity contribution >= 4 is 27.6 Å². The van der Waals surface area contributed by atoms with Gasteiger partial charge in [0.2, 0.25) is 0 Å². The van der Waals surface area contributed by atoms with Gasteiger partial charge >= 0.3 is 0 Å². The fraction of sp³-hybridized carbons (Fsp3) is 0.194. The highest BCUT2D eigenvalue weighted by Gasteiger charge is 2.18. The summed E-state index contributed by atoms with van der Waals surface area (Å²) in [4.78, 5) is 21.7. The molecule has 1 fully saturated rings. The number of pyridine rings is 4. The zero-order chi connectivity index (χ0) is 26.2. The van der Waals surface area contributed by atoms with Gasteiger partial charge in [-0.25, -0.2) is 4.98 Å². The lowest BCUT2D eigenvalue weighted by molar-refractivity contribution is 0.405. The molecule has 1 aliphatic rings. The Balaban J connectivity index is 1.23. The van der Waals surface area contributed by atoms with E-state index >= 15 is 0 Å². The summed E-state index contributed by atoms with van der Waals surface area (Å²) in [5, 5.41) is 12.3. The van der Waals surface area contributed by atoms with E-state index in [0.29, 0.717) is 5.92 Å². The Labute approximate surface area is 225 Å². The molecule has 6 heterocycles. The Morgan fingerprint density at radius 2 is 1.74 bits per heavy atom. The number of nitrogens with zero attached hydrogens (tertiary/aromatic N) is 5. The molecule has 8 nitrogen and oxygen atoms in total. The Kier molecular flexibility index (Phi) is 5.85. The van der Waals surface area contributed by atoms with Crippen molar-refractivity contribution in [3.8, 4) is 33.8 Å². The van der Waals surface area contributed by atoms with E-state index in [2.05, 4.69) is 54.2 Å². The van der Waals surface area contributed by atoms with Crippen LogP contribution in [0.3, 0.4) is 0 Å². The summed E-state index contributed by atoms with van der Waals surface area (Å²) in [7, 11) is 0. The van der Waals surface area contributed by atoms with Crippen LogP contribution in [0.15, 0.2) is 85.9 Å². The number of H-pyrrole nitrogens is 2. The highest BCUT2D eigenvalue weighted by molar-refractivity contribution is 5.99. The van der Waals surface area contributed by atoms with Crippen LogP contribution in [-0.2, 0) is 0 Å². The Morgan fingerprint density at radius 1 is 0.872 bits per heavy atom. The van der Waals surface area contributed by atoms with Crippen LogP contribution in [0, 0.1) is 5.92 Å². The van der Waals surface area contributed by atoms with Gasteiger partial charge in [0.25, 0.3) is 0 Å². The van der Waals surface area contributed by atoms with Crippen molar-refractivity contribution in [3.05, 3.63) is 85.9 Å². The first-order chi connectivity index (χ1) is 19.2. The van der Waals surface area contributed by atoms with Gasteiger partial charge in [0, 0.05) is 52.6 Å². The smallest absolute Gasteiger partial charge is 0.135 e. The molecule has 6 aromatic heterocycles. The van der Waals surface area contributed by atoms with Crippen LogP contribution < -0.4 is 5.32 Å². The molecule has 0 unspecified atom stereocenters. The fourth-order valence-corrected chi connectivity index (χ4v) is 5.57. The number of fused-ring (bicyclic) bond motifs is 2. The molecule has 0 radical (unpaired) electrons. The van der Waals surface area contributed by atoms with E-state index in [-0.39, 0.29) is 0 Å². The van der Waals surface area contributed by atoms with E-state index in [4.69, 9.17) is 4.98 Å². The number of anilines is 1. The van der Waals surface area contributed by atoms with E-state index in [1.165, 1.54) is 32.1 Å². The maximum atomic E-state index is 5.01. The minimum Gasteiger partial charge on any atom is -0.358 e. The quantitative estimate of drug-likeness (QED) is 0.219. The van der Waals surface area contributed by atoms with Gasteiger partial charge in [0.05, 0.1) is 40.5 Å². The van der Waals surface area contributed by atoms with Gasteiger partial charge in [-0.3, -0.25) is 20.1 Å². The second-order valence-electron chi connectivity index (χ2n) is 10.2. The summed E-state index contributed by atoms with van der Waals surface area (Å²) in [6.07, 6.45) is 17.3. The van der Waals surface area contributed by atoms with Gasteiger partial charge in [0.15, 0.2) is 0 Å². The molecule has 8 heteroatoms. The third-order valence-corrected chi connectivity index (χ3v) is 7.62. The molecule has 0 saturated heterocycles. The molecule has 6 aromatic rings. The molecule has 0 spiro atoms. The first-order valence-corrected chi connectivity index (χ1v) is 13.4. The van der Waals surface area contributed by atoms with Gasteiger partial charge < -0.3 is 10.3 Å². The van der Waals surface area contributed by atoms with E-state index in [1.807, 2.05) is 55.2 Å². The van der Waals surface area contributed by atoms with Gasteiger partial charge in [-0.1, -0.05) is 31.9 Å². The van der Waals surface area contributed by atoms with E-state index < -0.39 is 0 Å². The molecular weight excluding hydrogens is 484 g/mol. The number of aromatic amines is 2. The predicted octanol–water partition coefficient (Wildman–Crippen LogP) is 7.13. The monoisotopic (exact) mass is 512 g/mol. The van der Waals surface area contributed by atoms with Crippen molar-refractivity contribution < 1.29 is 0 Å². The summed E-state index contributed by atoms with van der Waals surface area (Å²) in [6.45, 7) is 4.32. The topological polar surface area (TPSA) is 108 Å². The van der Waals surface area contributed by atoms with Crippen molar-refractivity contribution in [2.75, 3.05) is 5.32 Å². The average molecular weight is 513 g/mol. The minimum absolute atomic E-state index is 0.524. The van der Waals surface area contributed by atoms with Crippen LogP contribution >= 0.6 is 0 Å². The minimum atomic E-state index is 0.524. The molecule has 0 bridgehead atoms. The molecule has 39 heavy (non-hydrogen) atoms. The second-order valence-corrected chi connectivity index (χ2v) is 10.2. The van der Waals surface area contributed by atoms with Crippen molar-refractivity contribution in [1.82, 2.24) is 35.1 Å². The van der Waals surface area contributed by atoms with E-state index in [9.17, 15) is 0 Å². The predicted molar refractivity (Wildman–Crippen MR) is 155 cm³/mol. The van der Waals surface area contributed by atoms with Crippen LogP contribution in [-0.4, -0.2) is 35.1 Å². The maximum absolute atomic E-state index is 5.01. The lowest BCUT2D eigenvalue weighted by atomic mass is 9.87. The highest BCUT2D eigenvalue weighted by Crippen LogP contribution is 2.34. The Bertz CT molecular complexity index is 1790. The summed E-state index contributed by atoms with van der Waals surface area (Å²) in [5.41, 5.74) is 10.0. The number of hydrogen-bond acceptors (Lipinski definition) is 6. The molecule has 1 saturated carbocycles. The van der Waals surface area contributed by atoms with Crippen LogP contribution in [0.5, 0.6) is 0 Å². The number of hydrogen-bond donors (Lipinski definition) is 3. The Hall–Kier alpha value is -4.85. The highest BCUT2D eigenvalue weighted by atomic mass is 15.1. The lowest BCUT2D eigenvalue weighted by Crippen LogP contribution is -2.14. The summed E-state index contributed by atoms with van der Waals surface area (Å²) in [6, 6.07) is 12.2. The molecular formula is C31H28N8. The first kappa shape index (κ1) is 23.3. The van der Waals surface area contributed by atoms with E-state index in [0.717, 1.165) is 67.1 Å². The molecule has 192 valence electrons. The Morgan fingerprint density at radius 3 is 2.62 bits per heavy atom. The van der Waals surface area contributed by atoms with Crippen molar-refractivity contribution in [2.24, 2.45) is 5.92 Å². The molecule has 1 aliphatic carbocycles. The number of rotatable bonds is 6. The third kappa shape index (κ3) is 4.44. The first-order valence-electron chi connectivity index (χ1n) is 13.4. The van der Waals surface area contributed by atoms with Gasteiger partial charge in [-0.05, 0) is 49.1 Å². The second kappa shape index (κ2) is 9.79. The molecule has 0 aromatic carbocycles. The van der Waals surface area contributed by atoms with Crippen molar-refractivity contribution in [3.63, 3.8) is 0 Å². The number of aromatic nitrogens is 7. The zero-order valence-electron chi connectivity index (χ0n) is 21.5. The summed E-state index contributed by atoms with van der Waals surface area (Å²) in [5.74, 6) is 0.524. The lowest BCUT2D eigenvalue weighted by Gasteiger charge is -2.24. The number of allylic oxidation sites excluding steroid dienone is 1. The van der Waals surface area contributed by atoms with Crippen molar-refractivity contribution in [2.45, 2.75) is 32.1 Å². The molecule has 0 amide bonds. The molecule has 0 atom stereocenters. The largest absolute Gasteiger partial charge is 0.358 e.